The Morgan fingerprint density at radius 1 is 1.41 bits per heavy atom. The number of methoxy groups -OCH3 is 1. The quantitative estimate of drug-likeness (QED) is 0.713. The SMILES string of the molecule is COC1CN(C(=O)O)CCC1c1nc(-n2nc(C(C)C)c3cccc(F)c32)no1. The smallest absolute Gasteiger partial charge is 0.407 e. The third-order valence-electron chi connectivity index (χ3n) is 5.30. The van der Waals surface area contributed by atoms with Gasteiger partial charge in [0.25, 0.3) is 5.95 Å². The van der Waals surface area contributed by atoms with Gasteiger partial charge >= 0.3 is 6.09 Å². The zero-order valence-electron chi connectivity index (χ0n) is 16.4. The van der Waals surface area contributed by atoms with Crippen molar-refractivity contribution < 1.29 is 23.6 Å². The summed E-state index contributed by atoms with van der Waals surface area (Å²) in [6, 6.07) is 4.84. The number of carboxylic acid groups (broad SMARTS) is 1. The Labute approximate surface area is 166 Å². The van der Waals surface area contributed by atoms with Gasteiger partial charge in [-0.1, -0.05) is 26.0 Å². The van der Waals surface area contributed by atoms with Gasteiger partial charge in [-0.25, -0.2) is 9.18 Å². The summed E-state index contributed by atoms with van der Waals surface area (Å²) >= 11 is 0. The van der Waals surface area contributed by atoms with Crippen LogP contribution in [0.25, 0.3) is 16.9 Å². The molecule has 3 aromatic rings. The van der Waals surface area contributed by atoms with Crippen molar-refractivity contribution in [3.8, 4) is 5.95 Å². The summed E-state index contributed by atoms with van der Waals surface area (Å²) in [5.41, 5.74) is 1.04. The fraction of sp³-hybridized carbons (Fsp3) is 0.474. The summed E-state index contributed by atoms with van der Waals surface area (Å²) in [5, 5.41) is 18.4. The number of likely N-dealkylation sites (tertiary alicyclic amines) is 1. The predicted octanol–water partition coefficient (Wildman–Crippen LogP) is 3.15. The van der Waals surface area contributed by atoms with Crippen molar-refractivity contribution in [1.82, 2.24) is 24.8 Å². The van der Waals surface area contributed by atoms with E-state index in [0.717, 1.165) is 5.69 Å². The lowest BCUT2D eigenvalue weighted by atomic mass is 9.94. The van der Waals surface area contributed by atoms with E-state index in [2.05, 4.69) is 15.2 Å². The van der Waals surface area contributed by atoms with E-state index in [4.69, 9.17) is 9.26 Å². The second kappa shape index (κ2) is 7.43. The molecule has 10 heteroatoms. The molecule has 1 N–H and O–H groups in total. The Morgan fingerprint density at radius 2 is 2.21 bits per heavy atom. The van der Waals surface area contributed by atoms with Gasteiger partial charge in [-0.15, -0.1) is 0 Å². The van der Waals surface area contributed by atoms with Gasteiger partial charge in [0.2, 0.25) is 5.89 Å². The van der Waals surface area contributed by atoms with E-state index in [0.29, 0.717) is 29.8 Å². The Hall–Kier alpha value is -3.01. The second-order valence-corrected chi connectivity index (χ2v) is 7.42. The molecule has 2 unspecified atom stereocenters. The fourth-order valence-electron chi connectivity index (χ4n) is 3.80. The number of para-hydroxylation sites is 1. The normalized spacial score (nSPS) is 20.0. The molecular weight excluding hydrogens is 381 g/mol. The molecule has 4 rings (SSSR count). The van der Waals surface area contributed by atoms with Crippen molar-refractivity contribution in [3.63, 3.8) is 0 Å². The highest BCUT2D eigenvalue weighted by Crippen LogP contribution is 2.31. The van der Waals surface area contributed by atoms with Gasteiger partial charge in [0.05, 0.1) is 24.3 Å². The Bertz CT molecular complexity index is 1050. The maximum atomic E-state index is 14.6. The number of halogens is 1. The van der Waals surface area contributed by atoms with Gasteiger partial charge in [0.15, 0.2) is 0 Å². The predicted molar refractivity (Wildman–Crippen MR) is 101 cm³/mol. The third-order valence-corrected chi connectivity index (χ3v) is 5.30. The van der Waals surface area contributed by atoms with Gasteiger partial charge in [-0.05, 0) is 23.6 Å². The van der Waals surface area contributed by atoms with Crippen molar-refractivity contribution in [2.24, 2.45) is 0 Å². The van der Waals surface area contributed by atoms with Crippen LogP contribution in [0.4, 0.5) is 9.18 Å². The van der Waals surface area contributed by atoms with Crippen molar-refractivity contribution in [1.29, 1.82) is 0 Å². The van der Waals surface area contributed by atoms with E-state index >= 15 is 0 Å². The standard InChI is InChI=1S/C19H22FN5O4/c1-10(2)15-12-5-4-6-13(20)16(12)25(22-15)18-21-17(29-23-18)11-7-8-24(19(26)27)9-14(11)28-3/h4-6,10-11,14H,7-9H2,1-3H3,(H,26,27). The van der Waals surface area contributed by atoms with Gasteiger partial charge in [-0.3, -0.25) is 0 Å². The molecule has 0 aliphatic carbocycles. The lowest BCUT2D eigenvalue weighted by Crippen LogP contribution is -2.46. The number of benzene rings is 1. The van der Waals surface area contributed by atoms with E-state index < -0.39 is 18.0 Å². The highest BCUT2D eigenvalue weighted by molar-refractivity contribution is 5.84. The zero-order chi connectivity index (χ0) is 20.7. The van der Waals surface area contributed by atoms with Crippen LogP contribution in [0.5, 0.6) is 0 Å². The fourth-order valence-corrected chi connectivity index (χ4v) is 3.80. The molecule has 1 amide bonds. The van der Waals surface area contributed by atoms with Crippen LogP contribution in [-0.4, -0.2) is 62.3 Å². The molecule has 1 saturated heterocycles. The Kier molecular flexibility index (Phi) is 4.95. The van der Waals surface area contributed by atoms with Crippen LogP contribution in [0.2, 0.25) is 0 Å². The summed E-state index contributed by atoms with van der Waals surface area (Å²) in [5.74, 6) is -0.128. The lowest BCUT2D eigenvalue weighted by molar-refractivity contribution is 0.00993. The van der Waals surface area contributed by atoms with E-state index in [1.165, 1.54) is 22.8 Å². The second-order valence-electron chi connectivity index (χ2n) is 7.42. The van der Waals surface area contributed by atoms with Gasteiger partial charge in [-0.2, -0.15) is 14.8 Å². The van der Waals surface area contributed by atoms with Crippen LogP contribution in [0, 0.1) is 5.82 Å². The highest BCUT2D eigenvalue weighted by atomic mass is 19.1. The van der Waals surface area contributed by atoms with E-state index in [1.807, 2.05) is 19.9 Å². The van der Waals surface area contributed by atoms with Crippen molar-refractivity contribution in [2.45, 2.75) is 38.2 Å². The first kappa shape index (κ1) is 19.3. The molecule has 0 spiro atoms. The molecular formula is C19H22FN5O4. The summed E-state index contributed by atoms with van der Waals surface area (Å²) in [6.45, 7) is 4.52. The molecule has 2 aromatic heterocycles. The Morgan fingerprint density at radius 3 is 2.90 bits per heavy atom. The molecule has 0 radical (unpaired) electrons. The zero-order valence-corrected chi connectivity index (χ0v) is 16.4. The monoisotopic (exact) mass is 403 g/mol. The maximum absolute atomic E-state index is 14.6. The average molecular weight is 403 g/mol. The summed E-state index contributed by atoms with van der Waals surface area (Å²) in [7, 11) is 1.52. The van der Waals surface area contributed by atoms with Crippen molar-refractivity contribution in [2.75, 3.05) is 20.2 Å². The first-order valence-corrected chi connectivity index (χ1v) is 9.42. The molecule has 9 nitrogen and oxygen atoms in total. The Balaban J connectivity index is 1.71. The van der Waals surface area contributed by atoms with E-state index in [-0.39, 0.29) is 24.3 Å². The number of nitrogens with zero attached hydrogens (tertiary/aromatic N) is 5. The number of amides is 1. The molecule has 29 heavy (non-hydrogen) atoms. The third kappa shape index (κ3) is 3.33. The lowest BCUT2D eigenvalue weighted by Gasteiger charge is -2.34. The van der Waals surface area contributed by atoms with Crippen molar-refractivity contribution in [3.05, 3.63) is 35.6 Å². The minimum atomic E-state index is -0.989. The topological polar surface area (TPSA) is 107 Å². The number of piperidine rings is 1. The average Bonchev–Trinajstić information content (AvgIpc) is 3.33. The number of aromatic nitrogens is 4. The van der Waals surface area contributed by atoms with Crippen LogP contribution < -0.4 is 0 Å². The van der Waals surface area contributed by atoms with Gasteiger partial charge < -0.3 is 19.3 Å². The molecule has 0 bridgehead atoms. The first-order chi connectivity index (χ1) is 13.9. The van der Waals surface area contributed by atoms with Crippen LogP contribution in [-0.2, 0) is 4.74 Å². The molecule has 1 fully saturated rings. The molecule has 0 saturated carbocycles. The largest absolute Gasteiger partial charge is 0.465 e. The van der Waals surface area contributed by atoms with Gasteiger partial charge in [0, 0.05) is 19.0 Å². The minimum Gasteiger partial charge on any atom is -0.465 e. The van der Waals surface area contributed by atoms with Crippen LogP contribution in [0.1, 0.15) is 43.7 Å². The number of fused-ring (bicyclic) bond motifs is 1. The number of carbonyl (C=O) groups is 1. The number of rotatable bonds is 4. The molecule has 2 atom stereocenters. The summed E-state index contributed by atoms with van der Waals surface area (Å²) in [4.78, 5) is 17.0. The van der Waals surface area contributed by atoms with E-state index in [9.17, 15) is 14.3 Å². The molecule has 1 aliphatic heterocycles. The van der Waals surface area contributed by atoms with Crippen LogP contribution >= 0.6 is 0 Å². The van der Waals surface area contributed by atoms with Crippen LogP contribution in [0.15, 0.2) is 22.7 Å². The number of hydrogen-bond acceptors (Lipinski definition) is 6. The van der Waals surface area contributed by atoms with Gasteiger partial charge in [0.1, 0.15) is 11.3 Å². The summed E-state index contributed by atoms with van der Waals surface area (Å²) in [6.07, 6.45) is -0.917. The van der Waals surface area contributed by atoms with Crippen LogP contribution in [0.3, 0.4) is 0 Å². The maximum Gasteiger partial charge on any atom is 0.407 e. The van der Waals surface area contributed by atoms with Crippen molar-refractivity contribution >= 4 is 17.0 Å². The minimum absolute atomic E-state index is 0.0881. The van der Waals surface area contributed by atoms with E-state index in [1.54, 1.807) is 6.07 Å². The number of hydrogen-bond donors (Lipinski definition) is 1. The first-order valence-electron chi connectivity index (χ1n) is 9.42. The molecule has 3 heterocycles. The molecule has 154 valence electrons. The highest BCUT2D eigenvalue weighted by Gasteiger charge is 2.36. The number of ether oxygens (including phenoxy) is 1. The molecule has 1 aliphatic rings. The molecule has 1 aromatic carbocycles. The summed E-state index contributed by atoms with van der Waals surface area (Å²) < 4.78 is 26.9.